The van der Waals surface area contributed by atoms with Crippen LogP contribution in [0.25, 0.3) is 0 Å². The van der Waals surface area contributed by atoms with Crippen molar-refractivity contribution in [1.82, 2.24) is 0 Å². The van der Waals surface area contributed by atoms with Crippen molar-refractivity contribution < 1.29 is 18.3 Å². The molecule has 0 saturated carbocycles. The number of carbonyl (C=O) groups excluding carboxylic acids is 1. The van der Waals surface area contributed by atoms with Gasteiger partial charge in [0.15, 0.2) is 0 Å². The van der Waals surface area contributed by atoms with Crippen LogP contribution in [0.3, 0.4) is 0 Å². The van der Waals surface area contributed by atoms with Crippen LogP contribution >= 0.6 is 11.8 Å². The van der Waals surface area contributed by atoms with Gasteiger partial charge in [-0.2, -0.15) is 8.78 Å². The van der Waals surface area contributed by atoms with Gasteiger partial charge in [0.05, 0.1) is 7.11 Å². The maximum Gasteiger partial charge on any atom is 0.288 e. The number of ether oxygens (including phenoxy) is 1. The summed E-state index contributed by atoms with van der Waals surface area (Å²) in [6, 6.07) is 22.3. The molecule has 0 unspecified atom stereocenters. The fraction of sp³-hybridized carbons (Fsp3) is 0.136. The van der Waals surface area contributed by atoms with E-state index in [9.17, 15) is 13.6 Å². The zero-order chi connectivity index (χ0) is 20.6. The van der Waals surface area contributed by atoms with Gasteiger partial charge in [-0.05, 0) is 42.0 Å². The second kappa shape index (κ2) is 9.93. The Balaban J connectivity index is 1.80. The monoisotopic (exact) mass is 414 g/mol. The molecule has 0 heterocycles. The minimum atomic E-state index is -2.47. The number of methoxy groups -OCH3 is 1. The average Bonchev–Trinajstić information content (AvgIpc) is 2.73. The predicted molar refractivity (Wildman–Crippen MR) is 113 cm³/mol. The van der Waals surface area contributed by atoms with Gasteiger partial charge >= 0.3 is 0 Å². The topological polar surface area (TPSA) is 50.4 Å². The highest BCUT2D eigenvalue weighted by atomic mass is 32.2. The number of hydrogen-bond donors (Lipinski definition) is 2. The molecule has 2 N–H and O–H groups in total. The summed E-state index contributed by atoms with van der Waals surface area (Å²) in [6.45, 7) is 0. The van der Waals surface area contributed by atoms with E-state index in [1.807, 2.05) is 30.3 Å². The Labute approximate surface area is 172 Å². The van der Waals surface area contributed by atoms with E-state index in [4.69, 9.17) is 4.74 Å². The summed E-state index contributed by atoms with van der Waals surface area (Å²) in [5.74, 6) is -2.09. The SMILES string of the molecule is COc1cccc(NC(=O)[C@H](Nc2ccc(SC(F)F)cc2)c2ccccc2)c1. The lowest BCUT2D eigenvalue weighted by Crippen LogP contribution is -2.27. The van der Waals surface area contributed by atoms with Crippen molar-refractivity contribution >= 4 is 29.0 Å². The van der Waals surface area contributed by atoms with E-state index in [0.717, 1.165) is 5.56 Å². The van der Waals surface area contributed by atoms with Gasteiger partial charge in [-0.25, -0.2) is 0 Å². The molecule has 4 nitrogen and oxygen atoms in total. The number of halogens is 2. The standard InChI is InChI=1S/C22H20F2N2O2S/c1-28-18-9-5-8-17(14-18)26-21(27)20(15-6-3-2-4-7-15)25-16-10-12-19(13-11-16)29-22(23)24/h2-14,20,22,25H,1H3,(H,26,27)/t20-/m1/s1. The van der Waals surface area contributed by atoms with Crippen LogP contribution in [0.5, 0.6) is 5.75 Å². The summed E-state index contributed by atoms with van der Waals surface area (Å²) in [5, 5.41) is 6.07. The first kappa shape index (κ1) is 20.7. The Hall–Kier alpha value is -3.06. The molecule has 0 aliphatic heterocycles. The van der Waals surface area contributed by atoms with Gasteiger partial charge in [-0.3, -0.25) is 4.79 Å². The molecule has 0 fully saturated rings. The van der Waals surface area contributed by atoms with Crippen LogP contribution < -0.4 is 15.4 Å². The summed E-state index contributed by atoms with van der Waals surface area (Å²) in [6.07, 6.45) is 0. The molecule has 0 spiro atoms. The molecule has 150 valence electrons. The first-order valence-electron chi connectivity index (χ1n) is 8.86. The fourth-order valence-corrected chi connectivity index (χ4v) is 3.26. The Morgan fingerprint density at radius 1 is 0.931 bits per heavy atom. The molecule has 3 aromatic carbocycles. The number of thioether (sulfide) groups is 1. The van der Waals surface area contributed by atoms with Gasteiger partial charge in [0.25, 0.3) is 11.7 Å². The van der Waals surface area contributed by atoms with Crippen LogP contribution in [0.2, 0.25) is 0 Å². The van der Waals surface area contributed by atoms with Crippen LogP contribution in [-0.2, 0) is 4.79 Å². The van der Waals surface area contributed by atoms with E-state index < -0.39 is 11.8 Å². The van der Waals surface area contributed by atoms with Gasteiger partial charge < -0.3 is 15.4 Å². The van der Waals surface area contributed by atoms with E-state index in [1.165, 1.54) is 0 Å². The van der Waals surface area contributed by atoms with Crippen molar-refractivity contribution in [2.45, 2.75) is 16.7 Å². The Morgan fingerprint density at radius 3 is 2.31 bits per heavy atom. The molecule has 0 aromatic heterocycles. The number of amides is 1. The molecular formula is C22H20F2N2O2S. The van der Waals surface area contributed by atoms with E-state index in [1.54, 1.807) is 55.6 Å². The lowest BCUT2D eigenvalue weighted by Gasteiger charge is -2.20. The first-order chi connectivity index (χ1) is 14.0. The third-order valence-electron chi connectivity index (χ3n) is 4.12. The van der Waals surface area contributed by atoms with Crippen LogP contribution in [0.15, 0.2) is 83.8 Å². The van der Waals surface area contributed by atoms with Crippen molar-refractivity contribution in [3.63, 3.8) is 0 Å². The summed E-state index contributed by atoms with van der Waals surface area (Å²) in [5.41, 5.74) is 2.04. The molecule has 7 heteroatoms. The zero-order valence-corrected chi connectivity index (χ0v) is 16.5. The largest absolute Gasteiger partial charge is 0.497 e. The Kier molecular flexibility index (Phi) is 7.08. The first-order valence-corrected chi connectivity index (χ1v) is 9.74. The van der Waals surface area contributed by atoms with E-state index in [0.29, 0.717) is 33.8 Å². The number of alkyl halides is 2. The smallest absolute Gasteiger partial charge is 0.288 e. The molecule has 1 amide bonds. The highest BCUT2D eigenvalue weighted by Gasteiger charge is 2.21. The Morgan fingerprint density at radius 2 is 1.66 bits per heavy atom. The van der Waals surface area contributed by atoms with E-state index in [-0.39, 0.29) is 5.91 Å². The van der Waals surface area contributed by atoms with E-state index >= 15 is 0 Å². The van der Waals surface area contributed by atoms with Gasteiger partial charge in [0.1, 0.15) is 11.8 Å². The minimum Gasteiger partial charge on any atom is -0.497 e. The molecular weight excluding hydrogens is 394 g/mol. The number of carbonyl (C=O) groups is 1. The molecule has 3 rings (SSSR count). The second-order valence-corrected chi connectivity index (χ2v) is 7.18. The summed E-state index contributed by atoms with van der Waals surface area (Å²) < 4.78 is 30.2. The summed E-state index contributed by atoms with van der Waals surface area (Å²) >= 11 is 0.482. The van der Waals surface area contributed by atoms with Crippen LogP contribution in [-0.4, -0.2) is 18.8 Å². The molecule has 0 radical (unpaired) electrons. The fourth-order valence-electron chi connectivity index (χ4n) is 2.76. The number of hydrogen-bond acceptors (Lipinski definition) is 4. The van der Waals surface area contributed by atoms with Crippen LogP contribution in [0.4, 0.5) is 20.2 Å². The number of nitrogens with one attached hydrogen (secondary N) is 2. The van der Waals surface area contributed by atoms with E-state index in [2.05, 4.69) is 10.6 Å². The summed E-state index contributed by atoms with van der Waals surface area (Å²) in [4.78, 5) is 13.5. The minimum absolute atomic E-state index is 0.254. The van der Waals surface area contributed by atoms with Crippen molar-refractivity contribution in [3.8, 4) is 5.75 Å². The summed E-state index contributed by atoms with van der Waals surface area (Å²) in [7, 11) is 1.56. The third kappa shape index (κ3) is 5.96. The number of anilines is 2. The molecule has 1 atom stereocenters. The second-order valence-electron chi connectivity index (χ2n) is 6.11. The van der Waals surface area contributed by atoms with Crippen molar-refractivity contribution in [2.75, 3.05) is 17.7 Å². The van der Waals surface area contributed by atoms with Crippen molar-refractivity contribution in [1.29, 1.82) is 0 Å². The normalized spacial score (nSPS) is 11.7. The molecule has 29 heavy (non-hydrogen) atoms. The molecule has 0 bridgehead atoms. The van der Waals surface area contributed by atoms with Crippen LogP contribution in [0.1, 0.15) is 11.6 Å². The third-order valence-corrected chi connectivity index (χ3v) is 4.85. The van der Waals surface area contributed by atoms with Gasteiger partial charge in [0, 0.05) is 22.3 Å². The Bertz CT molecular complexity index is 937. The van der Waals surface area contributed by atoms with Gasteiger partial charge in [0.2, 0.25) is 0 Å². The van der Waals surface area contributed by atoms with Crippen molar-refractivity contribution in [2.24, 2.45) is 0 Å². The maximum absolute atomic E-state index is 13.0. The molecule has 0 aliphatic carbocycles. The quantitative estimate of drug-likeness (QED) is 0.457. The number of rotatable bonds is 8. The molecule has 0 aliphatic rings. The molecule has 3 aromatic rings. The lowest BCUT2D eigenvalue weighted by molar-refractivity contribution is -0.117. The number of benzene rings is 3. The zero-order valence-electron chi connectivity index (χ0n) is 15.6. The maximum atomic E-state index is 13.0. The van der Waals surface area contributed by atoms with Crippen molar-refractivity contribution in [3.05, 3.63) is 84.4 Å². The molecule has 0 saturated heterocycles. The lowest BCUT2D eigenvalue weighted by atomic mass is 10.1. The highest BCUT2D eigenvalue weighted by Crippen LogP contribution is 2.28. The average molecular weight is 414 g/mol. The predicted octanol–water partition coefficient (Wildman–Crippen LogP) is 5.80. The van der Waals surface area contributed by atoms with Gasteiger partial charge in [-0.15, -0.1) is 0 Å². The van der Waals surface area contributed by atoms with Gasteiger partial charge in [-0.1, -0.05) is 48.2 Å². The van der Waals surface area contributed by atoms with Crippen LogP contribution in [0, 0.1) is 0 Å². The highest BCUT2D eigenvalue weighted by molar-refractivity contribution is 7.99.